The lowest BCUT2D eigenvalue weighted by Crippen LogP contribution is -2.47. The monoisotopic (exact) mass is 183 g/mol. The fourth-order valence-electron chi connectivity index (χ4n) is 1.13. The zero-order chi connectivity index (χ0) is 9.26. The smallest absolute Gasteiger partial charge is 0.260 e. The highest BCUT2D eigenvalue weighted by molar-refractivity contribution is 5.78. The average Bonchev–Trinajstić information content (AvgIpc) is 2.53. The van der Waals surface area contributed by atoms with Gasteiger partial charge in [-0.15, -0.1) is 0 Å². The maximum Gasteiger partial charge on any atom is 0.260 e. The number of nitrogen functional groups attached to an aromatic ring is 1. The fraction of sp³-hybridized carbons (Fsp3) is 0.500. The van der Waals surface area contributed by atoms with E-state index >= 15 is 0 Å². The summed E-state index contributed by atoms with van der Waals surface area (Å²) in [7, 11) is 0. The molecule has 7 nitrogen and oxygen atoms in total. The number of piperazine rings is 1. The van der Waals surface area contributed by atoms with E-state index in [1.807, 2.05) is 0 Å². The molecule has 1 amide bonds. The molecule has 1 unspecified atom stereocenters. The number of aromatic nitrogens is 2. The number of carbonyl (C=O) groups excluding carboxylic acids is 1. The van der Waals surface area contributed by atoms with Gasteiger partial charge in [-0.1, -0.05) is 0 Å². The number of hydrogen-bond donors (Lipinski definition) is 3. The summed E-state index contributed by atoms with van der Waals surface area (Å²) in [5.41, 5.74) is 5.28. The number of rotatable bonds is 1. The van der Waals surface area contributed by atoms with E-state index in [2.05, 4.69) is 20.8 Å². The molecular weight excluding hydrogens is 174 g/mol. The van der Waals surface area contributed by atoms with E-state index in [0.717, 1.165) is 0 Å². The Morgan fingerprint density at radius 3 is 3.00 bits per heavy atom. The second-order valence-electron chi connectivity index (χ2n) is 2.73. The van der Waals surface area contributed by atoms with Crippen LogP contribution in [0.15, 0.2) is 4.52 Å². The Hall–Kier alpha value is -1.63. The van der Waals surface area contributed by atoms with Crippen molar-refractivity contribution in [1.29, 1.82) is 0 Å². The molecule has 1 aromatic heterocycles. The summed E-state index contributed by atoms with van der Waals surface area (Å²) in [6.07, 6.45) is 0. The number of carbonyl (C=O) groups is 1. The van der Waals surface area contributed by atoms with E-state index in [-0.39, 0.29) is 24.4 Å². The molecule has 1 aliphatic rings. The minimum atomic E-state index is -0.137. The van der Waals surface area contributed by atoms with E-state index in [4.69, 9.17) is 10.3 Å². The summed E-state index contributed by atoms with van der Waals surface area (Å²) in [6.45, 7) is 0.702. The van der Waals surface area contributed by atoms with Gasteiger partial charge in [0.25, 0.3) is 5.95 Å². The summed E-state index contributed by atoms with van der Waals surface area (Å²) < 4.78 is 4.84. The first-order chi connectivity index (χ1) is 6.25. The number of anilines is 1. The first kappa shape index (κ1) is 7.99. The highest BCUT2D eigenvalue weighted by Crippen LogP contribution is 2.11. The summed E-state index contributed by atoms with van der Waals surface area (Å²) in [5, 5.41) is 9.05. The fourth-order valence-corrected chi connectivity index (χ4v) is 1.13. The number of amides is 1. The molecule has 1 aliphatic heterocycles. The van der Waals surface area contributed by atoms with Crippen molar-refractivity contribution in [2.24, 2.45) is 0 Å². The van der Waals surface area contributed by atoms with Crippen molar-refractivity contribution in [3.63, 3.8) is 0 Å². The van der Waals surface area contributed by atoms with Gasteiger partial charge >= 0.3 is 0 Å². The Morgan fingerprint density at radius 2 is 2.46 bits per heavy atom. The second-order valence-corrected chi connectivity index (χ2v) is 2.73. The third-order valence-electron chi connectivity index (χ3n) is 1.77. The van der Waals surface area contributed by atoms with Gasteiger partial charge in [-0.3, -0.25) is 10.1 Å². The van der Waals surface area contributed by atoms with Crippen molar-refractivity contribution in [3.05, 3.63) is 5.89 Å². The number of nitrogens with two attached hydrogens (primary N) is 1. The summed E-state index contributed by atoms with van der Waals surface area (Å²) >= 11 is 0. The normalized spacial score (nSPS) is 22.8. The third-order valence-corrected chi connectivity index (χ3v) is 1.77. The highest BCUT2D eigenvalue weighted by atomic mass is 16.5. The molecule has 1 fully saturated rings. The van der Waals surface area contributed by atoms with Crippen LogP contribution in [0.3, 0.4) is 0 Å². The lowest BCUT2D eigenvalue weighted by molar-refractivity contribution is -0.121. The van der Waals surface area contributed by atoms with Crippen LogP contribution in [0.5, 0.6) is 0 Å². The Labute approximate surface area is 73.7 Å². The Balaban J connectivity index is 2.06. The molecule has 2 rings (SSSR count). The standard InChI is InChI=1S/C6H9N5O2/c7-6-10-5(13-11-6)3-1-9-4(12)2-8-3/h3,8H,1-2H2,(H2,7,11)(H,9,12). The molecule has 1 saturated heterocycles. The Kier molecular flexibility index (Phi) is 1.85. The van der Waals surface area contributed by atoms with E-state index < -0.39 is 0 Å². The van der Waals surface area contributed by atoms with Crippen molar-refractivity contribution >= 4 is 11.9 Å². The van der Waals surface area contributed by atoms with Gasteiger partial charge in [0.05, 0.1) is 6.54 Å². The van der Waals surface area contributed by atoms with Crippen molar-refractivity contribution in [3.8, 4) is 0 Å². The molecule has 7 heteroatoms. The number of nitrogens with zero attached hydrogens (tertiary/aromatic N) is 2. The minimum Gasteiger partial charge on any atom is -0.365 e. The van der Waals surface area contributed by atoms with Gasteiger partial charge in [-0.25, -0.2) is 0 Å². The van der Waals surface area contributed by atoms with E-state index in [0.29, 0.717) is 12.4 Å². The topological polar surface area (TPSA) is 106 Å². The van der Waals surface area contributed by atoms with Crippen molar-refractivity contribution in [2.45, 2.75) is 6.04 Å². The summed E-state index contributed by atoms with van der Waals surface area (Å²) in [4.78, 5) is 14.6. The molecule has 0 bridgehead atoms. The minimum absolute atomic E-state index is 0.0382. The SMILES string of the molecule is Nc1noc(C2CNC(=O)CN2)n1. The van der Waals surface area contributed by atoms with Crippen LogP contribution in [-0.2, 0) is 4.79 Å². The summed E-state index contributed by atoms with van der Waals surface area (Å²) in [5.74, 6) is 0.468. The molecule has 1 aromatic rings. The molecule has 0 aliphatic carbocycles. The lowest BCUT2D eigenvalue weighted by Gasteiger charge is -2.20. The second kappa shape index (κ2) is 3.02. The van der Waals surface area contributed by atoms with Crippen LogP contribution in [0.4, 0.5) is 5.95 Å². The molecule has 13 heavy (non-hydrogen) atoms. The Bertz CT molecular complexity index is 313. The molecule has 70 valence electrons. The molecule has 2 heterocycles. The van der Waals surface area contributed by atoms with Gasteiger partial charge in [0.15, 0.2) is 0 Å². The maximum atomic E-state index is 10.8. The number of nitrogens with one attached hydrogen (secondary N) is 2. The zero-order valence-corrected chi connectivity index (χ0v) is 6.78. The highest BCUT2D eigenvalue weighted by Gasteiger charge is 2.23. The molecule has 0 spiro atoms. The van der Waals surface area contributed by atoms with Crippen LogP contribution in [0.25, 0.3) is 0 Å². The first-order valence-corrected chi connectivity index (χ1v) is 3.85. The maximum absolute atomic E-state index is 10.8. The van der Waals surface area contributed by atoms with Crippen LogP contribution in [0, 0.1) is 0 Å². The first-order valence-electron chi connectivity index (χ1n) is 3.85. The molecular formula is C6H9N5O2. The largest absolute Gasteiger partial charge is 0.365 e. The molecule has 0 aromatic carbocycles. The van der Waals surface area contributed by atoms with Crippen LogP contribution in [-0.4, -0.2) is 29.1 Å². The molecule has 0 radical (unpaired) electrons. The van der Waals surface area contributed by atoms with Crippen molar-refractivity contribution in [1.82, 2.24) is 20.8 Å². The number of hydrogen-bond acceptors (Lipinski definition) is 6. The van der Waals surface area contributed by atoms with Crippen LogP contribution >= 0.6 is 0 Å². The molecule has 0 saturated carbocycles. The quantitative estimate of drug-likeness (QED) is 0.484. The van der Waals surface area contributed by atoms with Crippen molar-refractivity contribution < 1.29 is 9.32 Å². The summed E-state index contributed by atoms with van der Waals surface area (Å²) in [6, 6.07) is -0.137. The average molecular weight is 183 g/mol. The van der Waals surface area contributed by atoms with Crippen molar-refractivity contribution in [2.75, 3.05) is 18.8 Å². The van der Waals surface area contributed by atoms with E-state index in [1.165, 1.54) is 0 Å². The third kappa shape index (κ3) is 1.59. The lowest BCUT2D eigenvalue weighted by atomic mass is 10.2. The van der Waals surface area contributed by atoms with Gasteiger partial charge in [-0.2, -0.15) is 4.98 Å². The molecule has 4 N–H and O–H groups in total. The van der Waals surface area contributed by atoms with Crippen LogP contribution in [0.1, 0.15) is 11.9 Å². The predicted octanol–water partition coefficient (Wildman–Crippen LogP) is -1.59. The van der Waals surface area contributed by atoms with Gasteiger partial charge in [0, 0.05) is 6.54 Å². The van der Waals surface area contributed by atoms with E-state index in [9.17, 15) is 4.79 Å². The van der Waals surface area contributed by atoms with Crippen LogP contribution in [0.2, 0.25) is 0 Å². The zero-order valence-electron chi connectivity index (χ0n) is 6.78. The van der Waals surface area contributed by atoms with Gasteiger partial charge in [0.2, 0.25) is 11.8 Å². The predicted molar refractivity (Wildman–Crippen MR) is 42.5 cm³/mol. The van der Waals surface area contributed by atoms with Crippen LogP contribution < -0.4 is 16.4 Å². The van der Waals surface area contributed by atoms with Gasteiger partial charge < -0.3 is 15.6 Å². The Morgan fingerprint density at radius 1 is 1.62 bits per heavy atom. The van der Waals surface area contributed by atoms with Gasteiger partial charge in [0.1, 0.15) is 6.04 Å². The van der Waals surface area contributed by atoms with Gasteiger partial charge in [-0.05, 0) is 5.16 Å². The van der Waals surface area contributed by atoms with E-state index in [1.54, 1.807) is 0 Å². The molecule has 1 atom stereocenters.